The average Bonchev–Trinajstić information content (AvgIpc) is 1.99. The van der Waals surface area contributed by atoms with E-state index in [2.05, 4.69) is 33.0 Å². The molecule has 0 saturated carbocycles. The van der Waals surface area contributed by atoms with Crippen LogP contribution in [0.15, 0.2) is 0 Å². The first-order chi connectivity index (χ1) is 4.87. The van der Waals surface area contributed by atoms with Crippen LogP contribution in [0.4, 0.5) is 0 Å². The van der Waals surface area contributed by atoms with Crippen LogP contribution in [-0.2, 0) is 4.79 Å². The highest BCUT2D eigenvalue weighted by molar-refractivity contribution is 5.57. The number of aldehydes is 1. The summed E-state index contributed by atoms with van der Waals surface area (Å²) in [6.07, 6.45) is 2.02. The lowest BCUT2D eigenvalue weighted by atomic mass is 9.88. The van der Waals surface area contributed by atoms with Gasteiger partial charge in [-0.15, -0.1) is 0 Å². The Morgan fingerprint density at radius 2 is 1.91 bits per heavy atom. The lowest BCUT2D eigenvalue weighted by Gasteiger charge is -2.26. The molecule has 2 heteroatoms. The van der Waals surface area contributed by atoms with Crippen LogP contribution in [0.3, 0.4) is 0 Å². The first-order valence-corrected chi connectivity index (χ1v) is 4.12. The molecule has 0 amide bonds. The third kappa shape index (κ3) is 1.62. The summed E-state index contributed by atoms with van der Waals surface area (Å²) >= 11 is 0. The summed E-state index contributed by atoms with van der Waals surface area (Å²) in [4.78, 5) is 10.7. The van der Waals surface area contributed by atoms with E-state index in [4.69, 9.17) is 0 Å². The number of hydrogen-bond donors (Lipinski definition) is 1. The van der Waals surface area contributed by atoms with Gasteiger partial charge in [0.15, 0.2) is 0 Å². The molecule has 1 saturated heterocycles. The molecular formula is C9H17NO. The van der Waals surface area contributed by atoms with Gasteiger partial charge in [-0.25, -0.2) is 0 Å². The highest BCUT2D eigenvalue weighted by Crippen LogP contribution is 2.33. The van der Waals surface area contributed by atoms with Crippen LogP contribution in [0.25, 0.3) is 0 Å². The van der Waals surface area contributed by atoms with Gasteiger partial charge in [0.05, 0.1) is 0 Å². The van der Waals surface area contributed by atoms with Crippen molar-refractivity contribution in [1.29, 1.82) is 0 Å². The highest BCUT2D eigenvalue weighted by Gasteiger charge is 2.43. The van der Waals surface area contributed by atoms with Gasteiger partial charge >= 0.3 is 0 Å². The fourth-order valence-corrected chi connectivity index (χ4v) is 2.04. The standard InChI is InChI=1S/C9H17NO/c1-8(2)5-7(6-11)9(3,4)10-8/h6-7,10H,5H2,1-4H3/t7-/m1/s1. The van der Waals surface area contributed by atoms with Crippen molar-refractivity contribution in [3.63, 3.8) is 0 Å². The van der Waals surface area contributed by atoms with Crippen LogP contribution in [0.5, 0.6) is 0 Å². The van der Waals surface area contributed by atoms with Gasteiger partial charge in [-0.3, -0.25) is 0 Å². The Morgan fingerprint density at radius 3 is 2.09 bits per heavy atom. The first-order valence-electron chi connectivity index (χ1n) is 4.12. The molecule has 1 fully saturated rings. The van der Waals surface area contributed by atoms with Gasteiger partial charge in [0.2, 0.25) is 0 Å². The summed E-state index contributed by atoms with van der Waals surface area (Å²) in [5.41, 5.74) is 0.0975. The second-order valence-electron chi connectivity index (χ2n) is 4.68. The molecule has 0 aromatic rings. The predicted octanol–water partition coefficient (Wildman–Crippen LogP) is 1.35. The van der Waals surface area contributed by atoms with E-state index in [9.17, 15) is 4.79 Å². The van der Waals surface area contributed by atoms with Crippen molar-refractivity contribution >= 4 is 6.29 Å². The SMILES string of the molecule is CC1(C)C[C@H](C=O)C(C)(C)N1. The largest absolute Gasteiger partial charge is 0.306 e. The van der Waals surface area contributed by atoms with E-state index >= 15 is 0 Å². The minimum Gasteiger partial charge on any atom is -0.306 e. The average molecular weight is 155 g/mol. The summed E-state index contributed by atoms with van der Waals surface area (Å²) in [7, 11) is 0. The van der Waals surface area contributed by atoms with Gasteiger partial charge in [0.25, 0.3) is 0 Å². The fourth-order valence-electron chi connectivity index (χ4n) is 2.04. The van der Waals surface area contributed by atoms with E-state index in [-0.39, 0.29) is 17.0 Å². The van der Waals surface area contributed by atoms with Crippen molar-refractivity contribution in [1.82, 2.24) is 5.32 Å². The number of carbonyl (C=O) groups excluding carboxylic acids is 1. The summed E-state index contributed by atoms with van der Waals surface area (Å²) in [6, 6.07) is 0. The Bertz CT molecular complexity index is 172. The quantitative estimate of drug-likeness (QED) is 0.579. The van der Waals surface area contributed by atoms with Crippen molar-refractivity contribution in [2.24, 2.45) is 5.92 Å². The Labute approximate surface area is 68.4 Å². The minimum atomic E-state index is -0.0226. The molecule has 1 rings (SSSR count). The molecule has 1 N–H and O–H groups in total. The molecule has 2 nitrogen and oxygen atoms in total. The summed E-state index contributed by atoms with van der Waals surface area (Å²) in [5.74, 6) is 0.164. The number of carbonyl (C=O) groups is 1. The van der Waals surface area contributed by atoms with Gasteiger partial charge in [0.1, 0.15) is 6.29 Å². The van der Waals surface area contributed by atoms with E-state index in [1.807, 2.05) is 0 Å². The third-order valence-electron chi connectivity index (χ3n) is 2.48. The minimum absolute atomic E-state index is 0.0226. The molecule has 1 aliphatic heterocycles. The summed E-state index contributed by atoms with van der Waals surface area (Å²) in [6.45, 7) is 8.44. The molecule has 1 heterocycles. The van der Waals surface area contributed by atoms with Crippen molar-refractivity contribution < 1.29 is 4.79 Å². The number of hydrogen-bond acceptors (Lipinski definition) is 2. The predicted molar refractivity (Wildman–Crippen MR) is 45.5 cm³/mol. The Balaban J connectivity index is 2.79. The van der Waals surface area contributed by atoms with Crippen LogP contribution in [0, 0.1) is 5.92 Å². The fraction of sp³-hybridized carbons (Fsp3) is 0.889. The van der Waals surface area contributed by atoms with Crippen LogP contribution >= 0.6 is 0 Å². The second-order valence-corrected chi connectivity index (χ2v) is 4.68. The Kier molecular flexibility index (Phi) is 1.83. The molecule has 0 aromatic carbocycles. The van der Waals surface area contributed by atoms with Gasteiger partial charge in [-0.1, -0.05) is 0 Å². The van der Waals surface area contributed by atoms with E-state index in [0.29, 0.717) is 0 Å². The van der Waals surface area contributed by atoms with Crippen molar-refractivity contribution in [2.75, 3.05) is 0 Å². The molecule has 0 unspecified atom stereocenters. The van der Waals surface area contributed by atoms with Crippen LogP contribution in [-0.4, -0.2) is 17.4 Å². The van der Waals surface area contributed by atoms with E-state index in [0.717, 1.165) is 12.7 Å². The van der Waals surface area contributed by atoms with Crippen molar-refractivity contribution in [3.8, 4) is 0 Å². The molecule has 0 bridgehead atoms. The Morgan fingerprint density at radius 1 is 1.36 bits per heavy atom. The topological polar surface area (TPSA) is 29.1 Å². The molecule has 0 aliphatic carbocycles. The molecule has 1 atom stereocenters. The zero-order valence-corrected chi connectivity index (χ0v) is 7.77. The van der Waals surface area contributed by atoms with Crippen molar-refractivity contribution in [3.05, 3.63) is 0 Å². The highest BCUT2D eigenvalue weighted by atomic mass is 16.1. The lowest BCUT2D eigenvalue weighted by molar-refractivity contribution is -0.112. The lowest BCUT2D eigenvalue weighted by Crippen LogP contribution is -2.45. The maximum absolute atomic E-state index is 10.7. The third-order valence-corrected chi connectivity index (χ3v) is 2.48. The van der Waals surface area contributed by atoms with Crippen LogP contribution in [0.1, 0.15) is 34.1 Å². The van der Waals surface area contributed by atoms with Crippen molar-refractivity contribution in [2.45, 2.75) is 45.2 Å². The number of rotatable bonds is 1. The maximum Gasteiger partial charge on any atom is 0.124 e. The van der Waals surface area contributed by atoms with Gasteiger partial charge < -0.3 is 10.1 Å². The normalized spacial score (nSPS) is 33.6. The monoisotopic (exact) mass is 155 g/mol. The number of nitrogens with one attached hydrogen (secondary N) is 1. The molecule has 0 aromatic heterocycles. The Hall–Kier alpha value is -0.370. The molecular weight excluding hydrogens is 138 g/mol. The van der Waals surface area contributed by atoms with Gasteiger partial charge in [0, 0.05) is 17.0 Å². The van der Waals surface area contributed by atoms with E-state index in [1.165, 1.54) is 0 Å². The summed E-state index contributed by atoms with van der Waals surface area (Å²) in [5, 5.41) is 3.44. The van der Waals surface area contributed by atoms with Crippen LogP contribution < -0.4 is 5.32 Å². The second kappa shape index (κ2) is 2.31. The van der Waals surface area contributed by atoms with Gasteiger partial charge in [-0.05, 0) is 34.1 Å². The molecule has 0 radical (unpaired) electrons. The van der Waals surface area contributed by atoms with Gasteiger partial charge in [-0.2, -0.15) is 0 Å². The van der Waals surface area contributed by atoms with Crippen LogP contribution in [0.2, 0.25) is 0 Å². The molecule has 64 valence electrons. The van der Waals surface area contributed by atoms with E-state index < -0.39 is 0 Å². The molecule has 11 heavy (non-hydrogen) atoms. The molecule has 1 aliphatic rings. The zero-order chi connectivity index (χ0) is 8.70. The maximum atomic E-state index is 10.7. The smallest absolute Gasteiger partial charge is 0.124 e. The molecule has 0 spiro atoms. The summed E-state index contributed by atoms with van der Waals surface area (Å²) < 4.78 is 0. The van der Waals surface area contributed by atoms with E-state index in [1.54, 1.807) is 0 Å². The first kappa shape index (κ1) is 8.72. The zero-order valence-electron chi connectivity index (χ0n) is 7.77.